The summed E-state index contributed by atoms with van der Waals surface area (Å²) in [7, 11) is -5.30. The summed E-state index contributed by atoms with van der Waals surface area (Å²) in [5, 5.41) is 35.9. The first-order valence-electron chi connectivity index (χ1n) is 4.03. The molecule has 18 heavy (non-hydrogen) atoms. The van der Waals surface area contributed by atoms with Crippen LogP contribution in [-0.4, -0.2) is 112 Å². The maximum atomic E-state index is 10.0. The van der Waals surface area contributed by atoms with E-state index in [1.807, 2.05) is 0 Å². The molecule has 0 aliphatic rings. The van der Waals surface area contributed by atoms with E-state index in [1.54, 1.807) is 0 Å². The van der Waals surface area contributed by atoms with Gasteiger partial charge in [0.25, 0.3) is 0 Å². The Morgan fingerprint density at radius 3 is 1.94 bits per heavy atom. The van der Waals surface area contributed by atoms with Gasteiger partial charge < -0.3 is 49.6 Å². The maximum absolute atomic E-state index is 10.0. The van der Waals surface area contributed by atoms with E-state index in [0.29, 0.717) is 0 Å². The number of carbonyl (C=O) groups excluding carboxylic acids is 1. The fraction of sp³-hybridized carbons (Fsp3) is 0.833. The monoisotopic (exact) mass is 414 g/mol. The van der Waals surface area contributed by atoms with Crippen molar-refractivity contribution < 1.29 is 49.6 Å². The van der Waals surface area contributed by atoms with E-state index in [9.17, 15) is 19.1 Å². The second-order valence-electron chi connectivity index (χ2n) is 2.92. The van der Waals surface area contributed by atoms with Crippen molar-refractivity contribution in [2.45, 2.75) is 24.4 Å². The molecule has 6 N–H and O–H groups in total. The van der Waals surface area contributed by atoms with E-state index in [2.05, 4.69) is 4.52 Å². The summed E-state index contributed by atoms with van der Waals surface area (Å²) in [6.07, 6.45) is -8.04. The van der Waals surface area contributed by atoms with Crippen LogP contribution in [0.1, 0.15) is 0 Å². The van der Waals surface area contributed by atoms with Gasteiger partial charge in [0, 0.05) is 0 Å². The number of phosphoric acid groups is 1. The summed E-state index contributed by atoms with van der Waals surface area (Å²) < 4.78 is 13.6. The molecule has 12 heteroatoms. The molecule has 0 aromatic rings. The third-order valence-electron chi connectivity index (χ3n) is 1.64. The van der Waals surface area contributed by atoms with Crippen LogP contribution in [-0.2, 0) is 13.9 Å². The van der Waals surface area contributed by atoms with Crippen LogP contribution in [0.4, 0.5) is 0 Å². The van der Waals surface area contributed by atoms with E-state index in [0.717, 1.165) is 0 Å². The van der Waals surface area contributed by atoms with Crippen LogP contribution in [0.3, 0.4) is 0 Å². The van der Waals surface area contributed by atoms with Gasteiger partial charge in [-0.2, -0.15) is 0 Å². The predicted octanol–water partition coefficient (Wildman–Crippen LogP) is -5.73. The van der Waals surface area contributed by atoms with E-state index < -0.39 is 38.8 Å². The van der Waals surface area contributed by atoms with Gasteiger partial charge in [-0.3, -0.25) is 0 Å². The smallest absolute Gasteiger partial charge is 0.790 e. The molecule has 4 unspecified atom stereocenters. The molecule has 0 saturated heterocycles. The van der Waals surface area contributed by atoms with Crippen LogP contribution in [0.2, 0.25) is 0 Å². The van der Waals surface area contributed by atoms with Gasteiger partial charge in [0.1, 0.15) is 24.4 Å². The normalized spacial score (nSPS) is 17.7. The van der Waals surface area contributed by atoms with Gasteiger partial charge in [-0.1, -0.05) is 0 Å². The number of rotatable bonds is 7. The molecule has 0 bridgehead atoms. The molecule has 0 rings (SSSR count). The number of carbonyl (C=O) groups is 1. The van der Waals surface area contributed by atoms with Gasteiger partial charge in [-0.25, -0.2) is 0 Å². The molecule has 0 aliphatic carbocycles. The average molecular weight is 413 g/mol. The SMILES string of the molecule is O.O=CC(O)C(O)C(O)C(O)COP(=O)([O-])[O-].[Ba+2]. The Labute approximate surface area is 142 Å². The molecule has 104 valence electrons. The third kappa shape index (κ3) is 10.0. The second-order valence-corrected chi connectivity index (χ2v) is 4.07. The summed E-state index contributed by atoms with van der Waals surface area (Å²) in [5.41, 5.74) is 0. The first-order chi connectivity index (χ1) is 7.19. The maximum Gasteiger partial charge on any atom is 2.00 e. The molecule has 10 nitrogen and oxygen atoms in total. The largest absolute Gasteiger partial charge is 2.00 e. The van der Waals surface area contributed by atoms with Crippen molar-refractivity contribution >= 4 is 63.0 Å². The molecular weight excluding hydrogens is 400 g/mol. The molecule has 0 aromatic carbocycles. The Balaban J connectivity index is -0.00000112. The fourth-order valence-electron chi connectivity index (χ4n) is 0.776. The molecule has 0 aromatic heterocycles. The quantitative estimate of drug-likeness (QED) is 0.178. The topological polar surface area (TPSA) is 202 Å². The average Bonchev–Trinajstić information content (AvgIpc) is 2.21. The molecular formula is C6H13BaO10P. The summed E-state index contributed by atoms with van der Waals surface area (Å²) in [6.45, 7) is -1.09. The molecule has 0 saturated carbocycles. The molecule has 0 amide bonds. The van der Waals surface area contributed by atoms with E-state index in [-0.39, 0.29) is 60.6 Å². The van der Waals surface area contributed by atoms with E-state index in [1.165, 1.54) is 0 Å². The van der Waals surface area contributed by atoms with Crippen molar-refractivity contribution in [3.63, 3.8) is 0 Å². The van der Waals surface area contributed by atoms with E-state index in [4.69, 9.17) is 20.4 Å². The van der Waals surface area contributed by atoms with E-state index >= 15 is 0 Å². The van der Waals surface area contributed by atoms with Gasteiger partial charge in [-0.15, -0.1) is 0 Å². The van der Waals surface area contributed by atoms with Crippen molar-refractivity contribution in [3.8, 4) is 0 Å². The van der Waals surface area contributed by atoms with Crippen molar-refractivity contribution in [1.82, 2.24) is 0 Å². The zero-order chi connectivity index (χ0) is 12.9. The molecule has 4 atom stereocenters. The van der Waals surface area contributed by atoms with Crippen LogP contribution in [0.15, 0.2) is 0 Å². The third-order valence-corrected chi connectivity index (χ3v) is 2.10. The summed E-state index contributed by atoms with van der Waals surface area (Å²) in [5.74, 6) is 0. The van der Waals surface area contributed by atoms with Gasteiger partial charge in [0.15, 0.2) is 6.29 Å². The van der Waals surface area contributed by atoms with Crippen molar-refractivity contribution in [2.24, 2.45) is 0 Å². The van der Waals surface area contributed by atoms with Crippen molar-refractivity contribution in [3.05, 3.63) is 0 Å². The minimum atomic E-state index is -5.30. The number of hydrogen-bond acceptors (Lipinski definition) is 9. The summed E-state index contributed by atoms with van der Waals surface area (Å²) in [4.78, 5) is 30.0. The van der Waals surface area contributed by atoms with Crippen LogP contribution < -0.4 is 9.79 Å². The van der Waals surface area contributed by atoms with Crippen LogP contribution in [0.5, 0.6) is 0 Å². The van der Waals surface area contributed by atoms with Gasteiger partial charge in [0.05, 0.1) is 14.4 Å². The number of aliphatic hydroxyl groups is 4. The summed E-state index contributed by atoms with van der Waals surface area (Å²) >= 11 is 0. The fourth-order valence-corrected chi connectivity index (χ4v) is 1.11. The van der Waals surface area contributed by atoms with Crippen molar-refractivity contribution in [2.75, 3.05) is 6.61 Å². The Hall–Kier alpha value is 1.15. The summed E-state index contributed by atoms with van der Waals surface area (Å²) in [6, 6.07) is 0. The van der Waals surface area contributed by atoms with Crippen molar-refractivity contribution in [1.29, 1.82) is 0 Å². The predicted molar refractivity (Wildman–Crippen MR) is 53.0 cm³/mol. The first-order valence-corrected chi connectivity index (χ1v) is 5.49. The second kappa shape index (κ2) is 10.9. The zero-order valence-corrected chi connectivity index (χ0v) is 14.4. The van der Waals surface area contributed by atoms with Crippen LogP contribution >= 0.6 is 7.82 Å². The molecule has 0 spiro atoms. The number of aliphatic hydroxyl groups excluding tert-OH is 4. The van der Waals surface area contributed by atoms with Gasteiger partial charge in [0.2, 0.25) is 0 Å². The number of aldehydes is 1. The van der Waals surface area contributed by atoms with Gasteiger partial charge >= 0.3 is 48.9 Å². The Morgan fingerprint density at radius 2 is 1.61 bits per heavy atom. The Bertz CT molecular complexity index is 269. The molecule has 0 radical (unpaired) electrons. The molecule has 0 aliphatic heterocycles. The first kappa shape index (κ1) is 24.2. The zero-order valence-electron chi connectivity index (χ0n) is 9.08. The van der Waals surface area contributed by atoms with Crippen LogP contribution in [0, 0.1) is 0 Å². The molecule has 0 heterocycles. The Morgan fingerprint density at radius 1 is 1.17 bits per heavy atom. The minimum Gasteiger partial charge on any atom is -0.790 e. The number of phosphoric ester groups is 1. The minimum absolute atomic E-state index is 0. The van der Waals surface area contributed by atoms with Gasteiger partial charge in [-0.05, 0) is 0 Å². The molecule has 0 fully saturated rings. The standard InChI is InChI=1S/C6H13O9P.Ba.H2O/c7-1-3(8)5(10)6(11)4(9)2-15-16(12,13)14;;/h1,3-6,8-11H,2H2,(H2,12,13,14);;1H2/q;+2;/p-2. The Kier molecular flexibility index (Phi) is 14.6. The number of hydrogen-bond donors (Lipinski definition) is 4. The van der Waals surface area contributed by atoms with Crippen LogP contribution in [0.25, 0.3) is 0 Å².